The molecule has 1 fully saturated rings. The Kier molecular flexibility index (Phi) is 5.08. The van der Waals surface area contributed by atoms with Crippen LogP contribution in [-0.4, -0.2) is 67.7 Å². The van der Waals surface area contributed by atoms with E-state index in [9.17, 15) is 18.6 Å². The Balaban J connectivity index is 1.97. The number of rotatable bonds is 4. The normalized spacial score (nSPS) is 24.1. The van der Waals surface area contributed by atoms with Gasteiger partial charge in [0, 0.05) is 19.3 Å². The average Bonchev–Trinajstić information content (AvgIpc) is 3.24. The zero-order chi connectivity index (χ0) is 19.8. The van der Waals surface area contributed by atoms with E-state index >= 15 is 0 Å². The minimum Gasteiger partial charge on any atom is -0.387 e. The summed E-state index contributed by atoms with van der Waals surface area (Å²) in [5.74, 6) is -1.51. The van der Waals surface area contributed by atoms with E-state index in [0.717, 1.165) is 0 Å². The van der Waals surface area contributed by atoms with E-state index in [1.165, 1.54) is 17.4 Å². The third-order valence-corrected chi connectivity index (χ3v) is 6.94. The fourth-order valence-corrected chi connectivity index (χ4v) is 4.95. The lowest BCUT2D eigenvalue weighted by Crippen LogP contribution is -2.40. The van der Waals surface area contributed by atoms with Crippen LogP contribution < -0.4 is 5.32 Å². The number of carbonyl (C=O) groups excluding carboxylic acids is 3. The smallest absolute Gasteiger partial charge is 0.269 e. The van der Waals surface area contributed by atoms with Crippen molar-refractivity contribution in [2.75, 3.05) is 26.0 Å². The van der Waals surface area contributed by atoms with Gasteiger partial charge in [-0.15, -0.1) is 0 Å². The van der Waals surface area contributed by atoms with E-state index in [1.807, 2.05) is 0 Å². The van der Waals surface area contributed by atoms with E-state index < -0.39 is 33.6 Å². The second kappa shape index (κ2) is 7.04. The Morgan fingerprint density at radius 2 is 2.19 bits per heavy atom. The van der Waals surface area contributed by atoms with Crippen molar-refractivity contribution in [3.63, 3.8) is 0 Å². The van der Waals surface area contributed by atoms with Gasteiger partial charge in [0.05, 0.1) is 39.6 Å². The first-order valence-electron chi connectivity index (χ1n) is 8.73. The first-order chi connectivity index (χ1) is 12.7. The van der Waals surface area contributed by atoms with Crippen molar-refractivity contribution in [2.45, 2.75) is 37.8 Å². The van der Waals surface area contributed by atoms with Gasteiger partial charge in [0.15, 0.2) is 0 Å². The van der Waals surface area contributed by atoms with Gasteiger partial charge in [-0.25, -0.2) is 4.21 Å². The van der Waals surface area contributed by atoms with Crippen LogP contribution in [0.2, 0.25) is 0 Å². The zero-order valence-electron chi connectivity index (χ0n) is 15.3. The second-order valence-corrected chi connectivity index (χ2v) is 9.02. The van der Waals surface area contributed by atoms with E-state index in [0.29, 0.717) is 31.7 Å². The third kappa shape index (κ3) is 3.25. The van der Waals surface area contributed by atoms with Crippen LogP contribution in [0, 0.1) is 5.41 Å². The lowest BCUT2D eigenvalue weighted by molar-refractivity contribution is -0.139. The summed E-state index contributed by atoms with van der Waals surface area (Å²) in [6.45, 7) is 2.42. The zero-order valence-corrected chi connectivity index (χ0v) is 16.1. The summed E-state index contributed by atoms with van der Waals surface area (Å²) < 4.78 is 18.8. The van der Waals surface area contributed by atoms with Gasteiger partial charge >= 0.3 is 0 Å². The maximum atomic E-state index is 13.3. The molecule has 0 spiro atoms. The Bertz CT molecular complexity index is 916. The molecule has 2 aliphatic rings. The van der Waals surface area contributed by atoms with Crippen LogP contribution in [0.25, 0.3) is 0 Å². The summed E-state index contributed by atoms with van der Waals surface area (Å²) in [6, 6.07) is 0. The molecule has 0 aliphatic carbocycles. The molecule has 2 unspecified atom stereocenters. The minimum absolute atomic E-state index is 0.128. The maximum absolute atomic E-state index is 13.3. The van der Waals surface area contributed by atoms with Gasteiger partial charge in [0.25, 0.3) is 5.91 Å². The van der Waals surface area contributed by atoms with E-state index in [-0.39, 0.29) is 23.8 Å². The van der Waals surface area contributed by atoms with Crippen LogP contribution >= 0.6 is 0 Å². The Morgan fingerprint density at radius 3 is 2.78 bits per heavy atom. The number of aromatic nitrogens is 2. The van der Waals surface area contributed by atoms with Gasteiger partial charge in [0.1, 0.15) is 12.0 Å². The first-order valence-corrected chi connectivity index (χ1v) is 10.7. The molecule has 2 aliphatic heterocycles. The van der Waals surface area contributed by atoms with Crippen LogP contribution in [0.3, 0.4) is 0 Å². The molecule has 1 aromatic heterocycles. The number of hydrogen-bond donors (Lipinski definition) is 2. The number of amides is 3. The summed E-state index contributed by atoms with van der Waals surface area (Å²) >= 11 is 0. The summed E-state index contributed by atoms with van der Waals surface area (Å²) in [5, 5.41) is 15.9. The molecule has 2 atom stereocenters. The van der Waals surface area contributed by atoms with Crippen LogP contribution in [0.1, 0.15) is 25.5 Å². The highest BCUT2D eigenvalue weighted by Crippen LogP contribution is 2.33. The second-order valence-electron chi connectivity index (χ2n) is 6.79. The van der Waals surface area contributed by atoms with Crippen LogP contribution in [0.4, 0.5) is 0 Å². The number of nitrogens with one attached hydrogen (secondary N) is 1. The predicted molar refractivity (Wildman–Crippen MR) is 94.8 cm³/mol. The molecule has 1 aromatic rings. The van der Waals surface area contributed by atoms with Gasteiger partial charge < -0.3 is 15.3 Å². The molecule has 3 amide bonds. The molecule has 3 heterocycles. The van der Waals surface area contributed by atoms with Crippen molar-refractivity contribution >= 4 is 27.5 Å². The van der Waals surface area contributed by atoms with Crippen molar-refractivity contribution in [2.24, 2.45) is 9.78 Å². The molecule has 148 valence electrons. The quantitative estimate of drug-likeness (QED) is 0.634. The highest BCUT2D eigenvalue weighted by Gasteiger charge is 2.48. The monoisotopic (exact) mass is 397 g/mol. The number of nitrogens with zero attached hydrogens (tertiary/aromatic N) is 4. The van der Waals surface area contributed by atoms with Crippen molar-refractivity contribution in [1.29, 1.82) is 0 Å². The molecule has 0 aromatic carbocycles. The molecule has 3 rings (SSSR count). The molecule has 0 radical (unpaired) electrons. The van der Waals surface area contributed by atoms with Crippen LogP contribution in [-0.2, 0) is 37.2 Å². The SMILES string of the molecule is CCC1(C(=O)N=S(C)(=O)c2cnn3c2CN(C(=O)CO)CC3)CCNC1=O. The molecular formula is C16H23N5O5S. The van der Waals surface area contributed by atoms with E-state index in [2.05, 4.69) is 14.8 Å². The first kappa shape index (κ1) is 19.5. The lowest BCUT2D eigenvalue weighted by Gasteiger charge is -2.28. The predicted octanol–water partition coefficient (Wildman–Crippen LogP) is -0.883. The number of hydrogen-bond acceptors (Lipinski definition) is 6. The summed E-state index contributed by atoms with van der Waals surface area (Å²) in [4.78, 5) is 38.4. The topological polar surface area (TPSA) is 134 Å². The summed E-state index contributed by atoms with van der Waals surface area (Å²) in [7, 11) is -3.16. The fourth-order valence-electron chi connectivity index (χ4n) is 3.51. The largest absolute Gasteiger partial charge is 0.387 e. The van der Waals surface area contributed by atoms with Gasteiger partial charge in [-0.05, 0) is 12.8 Å². The molecule has 0 saturated carbocycles. The van der Waals surface area contributed by atoms with Crippen LogP contribution in [0.15, 0.2) is 15.5 Å². The Hall–Kier alpha value is -2.27. The molecule has 10 nitrogen and oxygen atoms in total. The average molecular weight is 397 g/mol. The minimum atomic E-state index is -3.16. The Morgan fingerprint density at radius 1 is 1.44 bits per heavy atom. The highest BCUT2D eigenvalue weighted by molar-refractivity contribution is 7.93. The number of aliphatic hydroxyl groups is 1. The summed E-state index contributed by atoms with van der Waals surface area (Å²) in [5.41, 5.74) is -0.751. The van der Waals surface area contributed by atoms with E-state index in [4.69, 9.17) is 5.11 Å². The lowest BCUT2D eigenvalue weighted by atomic mass is 9.83. The molecule has 11 heteroatoms. The van der Waals surface area contributed by atoms with Crippen molar-refractivity contribution in [3.05, 3.63) is 11.9 Å². The van der Waals surface area contributed by atoms with Gasteiger partial charge in [-0.3, -0.25) is 19.1 Å². The van der Waals surface area contributed by atoms with Crippen molar-refractivity contribution < 1.29 is 23.7 Å². The molecule has 27 heavy (non-hydrogen) atoms. The third-order valence-electron chi connectivity index (χ3n) is 5.27. The maximum Gasteiger partial charge on any atom is 0.269 e. The standard InChI is InChI=1S/C16H23N5O5S/c1-3-16(4-5-17-14(16)24)15(25)19-27(2,26)12-8-18-21-7-6-20(9-11(12)21)13(23)10-22/h8,22H,3-7,9-10H2,1-2H3,(H,17,24). The van der Waals surface area contributed by atoms with Gasteiger partial charge in [-0.1, -0.05) is 6.92 Å². The number of carbonyl (C=O) groups is 3. The summed E-state index contributed by atoms with van der Waals surface area (Å²) in [6.07, 6.45) is 3.34. The Labute approximate surface area is 157 Å². The van der Waals surface area contributed by atoms with Crippen molar-refractivity contribution in [3.8, 4) is 0 Å². The molecule has 2 N–H and O–H groups in total. The van der Waals surface area contributed by atoms with E-state index in [1.54, 1.807) is 11.6 Å². The fraction of sp³-hybridized carbons (Fsp3) is 0.625. The van der Waals surface area contributed by atoms with Crippen molar-refractivity contribution in [1.82, 2.24) is 20.0 Å². The van der Waals surface area contributed by atoms with Gasteiger partial charge in [-0.2, -0.15) is 9.46 Å². The number of aliphatic hydroxyl groups excluding tert-OH is 1. The van der Waals surface area contributed by atoms with Gasteiger partial charge in [0.2, 0.25) is 11.8 Å². The molecular weight excluding hydrogens is 374 g/mol. The highest BCUT2D eigenvalue weighted by atomic mass is 32.2. The van der Waals surface area contributed by atoms with Crippen LogP contribution in [0.5, 0.6) is 0 Å². The number of fused-ring (bicyclic) bond motifs is 1. The molecule has 1 saturated heterocycles. The molecule has 0 bridgehead atoms.